The Bertz CT molecular complexity index is 536. The van der Waals surface area contributed by atoms with Gasteiger partial charge < -0.3 is 5.32 Å². The molecular weight excluding hydrogens is 299 g/mol. The molecular formula is C14H16Cl2N2S. The summed E-state index contributed by atoms with van der Waals surface area (Å²) in [6, 6.07) is 3.76. The summed E-state index contributed by atoms with van der Waals surface area (Å²) >= 11 is 14.2. The standard InChI is InChI=1S/C14H16Cl2N2S/c1-9-6-11(16)12(7-10(9)15)17-13-18-14(8-19-13)4-2-3-5-14/h6-7H,2-5,8H2,1H3,(H,17,18). The Morgan fingerprint density at radius 3 is 2.68 bits per heavy atom. The zero-order valence-electron chi connectivity index (χ0n) is 10.8. The smallest absolute Gasteiger partial charge is 0.161 e. The van der Waals surface area contributed by atoms with Crippen LogP contribution in [0.5, 0.6) is 0 Å². The fourth-order valence-electron chi connectivity index (χ4n) is 2.69. The van der Waals surface area contributed by atoms with E-state index >= 15 is 0 Å². The third-order valence-electron chi connectivity index (χ3n) is 3.84. The number of benzene rings is 1. The van der Waals surface area contributed by atoms with Crippen LogP contribution in [-0.2, 0) is 0 Å². The largest absolute Gasteiger partial charge is 0.334 e. The summed E-state index contributed by atoms with van der Waals surface area (Å²) in [7, 11) is 0. The third-order valence-corrected chi connectivity index (χ3v) is 5.71. The molecule has 0 unspecified atom stereocenters. The summed E-state index contributed by atoms with van der Waals surface area (Å²) < 4.78 is 0. The number of anilines is 1. The van der Waals surface area contributed by atoms with Gasteiger partial charge in [-0.25, -0.2) is 0 Å². The molecule has 1 aromatic rings. The number of nitrogens with zero attached hydrogens (tertiary/aromatic N) is 1. The van der Waals surface area contributed by atoms with E-state index in [2.05, 4.69) is 5.32 Å². The number of nitrogens with one attached hydrogen (secondary N) is 1. The molecule has 0 aromatic heterocycles. The number of rotatable bonds is 1. The van der Waals surface area contributed by atoms with Gasteiger partial charge in [-0.1, -0.05) is 47.8 Å². The minimum absolute atomic E-state index is 0.188. The van der Waals surface area contributed by atoms with Crippen molar-refractivity contribution in [3.63, 3.8) is 0 Å². The van der Waals surface area contributed by atoms with Gasteiger partial charge in [-0.05, 0) is 37.5 Å². The number of hydrogen-bond acceptors (Lipinski definition) is 3. The van der Waals surface area contributed by atoms with Crippen molar-refractivity contribution in [2.75, 3.05) is 11.1 Å². The summed E-state index contributed by atoms with van der Waals surface area (Å²) in [6.45, 7) is 1.95. The van der Waals surface area contributed by atoms with E-state index in [1.807, 2.05) is 19.1 Å². The first-order chi connectivity index (χ1) is 9.08. The quantitative estimate of drug-likeness (QED) is 0.777. The van der Waals surface area contributed by atoms with Crippen molar-refractivity contribution in [3.8, 4) is 0 Å². The average Bonchev–Trinajstić information content (AvgIpc) is 2.98. The van der Waals surface area contributed by atoms with Gasteiger partial charge in [0.1, 0.15) is 0 Å². The molecule has 0 saturated heterocycles. The molecule has 1 saturated carbocycles. The van der Waals surface area contributed by atoms with Gasteiger partial charge in [0.25, 0.3) is 0 Å². The monoisotopic (exact) mass is 314 g/mol. The van der Waals surface area contributed by atoms with Crippen LogP contribution < -0.4 is 5.32 Å². The van der Waals surface area contributed by atoms with Crippen molar-refractivity contribution in [1.82, 2.24) is 0 Å². The summed E-state index contributed by atoms with van der Waals surface area (Å²) in [5.41, 5.74) is 2.03. The average molecular weight is 315 g/mol. The molecule has 0 radical (unpaired) electrons. The minimum Gasteiger partial charge on any atom is -0.334 e. The van der Waals surface area contributed by atoms with Gasteiger partial charge in [-0.3, -0.25) is 4.99 Å². The highest BCUT2D eigenvalue weighted by atomic mass is 35.5. The van der Waals surface area contributed by atoms with E-state index in [4.69, 9.17) is 28.2 Å². The summed E-state index contributed by atoms with van der Waals surface area (Å²) in [4.78, 5) is 4.87. The van der Waals surface area contributed by atoms with Crippen molar-refractivity contribution in [2.45, 2.75) is 38.1 Å². The number of thioether (sulfide) groups is 1. The van der Waals surface area contributed by atoms with E-state index in [0.29, 0.717) is 5.02 Å². The van der Waals surface area contributed by atoms with Crippen LogP contribution in [0, 0.1) is 6.92 Å². The first-order valence-corrected chi connectivity index (χ1v) is 8.27. The lowest BCUT2D eigenvalue weighted by Gasteiger charge is -2.16. The number of amidine groups is 1. The van der Waals surface area contributed by atoms with Crippen LogP contribution in [0.2, 0.25) is 10.0 Å². The maximum Gasteiger partial charge on any atom is 0.161 e. The fraction of sp³-hybridized carbons (Fsp3) is 0.500. The Balaban J connectivity index is 1.81. The fourth-order valence-corrected chi connectivity index (χ4v) is 4.32. The number of aliphatic imine (C=N–C) groups is 1. The van der Waals surface area contributed by atoms with Gasteiger partial charge in [-0.15, -0.1) is 0 Å². The van der Waals surface area contributed by atoms with Crippen LogP contribution in [-0.4, -0.2) is 16.5 Å². The molecule has 0 bridgehead atoms. The Morgan fingerprint density at radius 2 is 1.95 bits per heavy atom. The van der Waals surface area contributed by atoms with E-state index < -0.39 is 0 Å². The molecule has 5 heteroatoms. The van der Waals surface area contributed by atoms with Crippen LogP contribution in [0.25, 0.3) is 0 Å². The second-order valence-corrected chi connectivity index (χ2v) is 7.12. The maximum atomic E-state index is 6.25. The first-order valence-electron chi connectivity index (χ1n) is 6.53. The van der Waals surface area contributed by atoms with Crippen molar-refractivity contribution in [3.05, 3.63) is 27.7 Å². The van der Waals surface area contributed by atoms with E-state index in [9.17, 15) is 0 Å². The molecule has 2 aliphatic rings. The van der Waals surface area contributed by atoms with Crippen molar-refractivity contribution < 1.29 is 0 Å². The number of hydrogen-bond donors (Lipinski definition) is 1. The van der Waals surface area contributed by atoms with Gasteiger partial charge >= 0.3 is 0 Å². The molecule has 1 aromatic carbocycles. The van der Waals surface area contributed by atoms with E-state index in [-0.39, 0.29) is 5.54 Å². The Hall–Kier alpha value is -0.380. The van der Waals surface area contributed by atoms with Crippen LogP contribution in [0.1, 0.15) is 31.2 Å². The topological polar surface area (TPSA) is 24.4 Å². The molecule has 102 valence electrons. The van der Waals surface area contributed by atoms with Gasteiger partial charge in [0.05, 0.1) is 16.2 Å². The molecule has 1 spiro atoms. The predicted octanol–water partition coefficient (Wildman–Crippen LogP) is 5.13. The van der Waals surface area contributed by atoms with Crippen molar-refractivity contribution in [2.24, 2.45) is 4.99 Å². The van der Waals surface area contributed by atoms with Gasteiger partial charge in [0, 0.05) is 10.8 Å². The second-order valence-electron chi connectivity index (χ2n) is 5.34. The molecule has 19 heavy (non-hydrogen) atoms. The van der Waals surface area contributed by atoms with Crippen LogP contribution in [0.4, 0.5) is 5.69 Å². The van der Waals surface area contributed by atoms with Crippen molar-refractivity contribution in [1.29, 1.82) is 0 Å². The first kappa shape index (κ1) is 13.6. The highest BCUT2D eigenvalue weighted by molar-refractivity contribution is 8.14. The van der Waals surface area contributed by atoms with E-state index in [1.165, 1.54) is 25.7 Å². The highest BCUT2D eigenvalue weighted by Crippen LogP contribution is 2.41. The molecule has 3 rings (SSSR count). The molecule has 2 nitrogen and oxygen atoms in total. The van der Waals surface area contributed by atoms with E-state index in [0.717, 1.165) is 27.2 Å². The Kier molecular flexibility index (Phi) is 3.71. The molecule has 0 atom stereocenters. The Morgan fingerprint density at radius 1 is 1.21 bits per heavy atom. The van der Waals surface area contributed by atoms with Gasteiger partial charge in [0.2, 0.25) is 0 Å². The predicted molar refractivity (Wildman–Crippen MR) is 85.9 cm³/mol. The lowest BCUT2D eigenvalue weighted by atomic mass is 10.0. The zero-order valence-corrected chi connectivity index (χ0v) is 13.1. The number of halogens is 2. The van der Waals surface area contributed by atoms with Crippen LogP contribution >= 0.6 is 35.0 Å². The molecule has 1 N–H and O–H groups in total. The third kappa shape index (κ3) is 2.74. The Labute approximate surface area is 128 Å². The van der Waals surface area contributed by atoms with Gasteiger partial charge in [0.15, 0.2) is 5.17 Å². The molecule has 1 fully saturated rings. The SMILES string of the molecule is Cc1cc(Cl)c(NC2=NC3(CCCC3)CS2)cc1Cl. The molecule has 1 aliphatic heterocycles. The molecule has 1 heterocycles. The van der Waals surface area contributed by atoms with Crippen LogP contribution in [0.15, 0.2) is 17.1 Å². The van der Waals surface area contributed by atoms with Crippen molar-refractivity contribution >= 4 is 45.8 Å². The second kappa shape index (κ2) is 5.19. The van der Waals surface area contributed by atoms with Gasteiger partial charge in [-0.2, -0.15) is 0 Å². The molecule has 1 aliphatic carbocycles. The lowest BCUT2D eigenvalue weighted by Crippen LogP contribution is -2.21. The summed E-state index contributed by atoms with van der Waals surface area (Å²) in [5.74, 6) is 1.09. The summed E-state index contributed by atoms with van der Waals surface area (Å²) in [5, 5.41) is 5.72. The zero-order chi connectivity index (χ0) is 13.5. The van der Waals surface area contributed by atoms with Crippen LogP contribution in [0.3, 0.4) is 0 Å². The normalized spacial score (nSPS) is 20.9. The maximum absolute atomic E-state index is 6.25. The van der Waals surface area contributed by atoms with E-state index in [1.54, 1.807) is 11.8 Å². The summed E-state index contributed by atoms with van der Waals surface area (Å²) in [6.07, 6.45) is 5.03. The molecule has 0 amide bonds. The number of aryl methyl sites for hydroxylation is 1. The lowest BCUT2D eigenvalue weighted by molar-refractivity contribution is 0.508. The minimum atomic E-state index is 0.188. The highest BCUT2D eigenvalue weighted by Gasteiger charge is 2.38.